The van der Waals surface area contributed by atoms with E-state index in [1.165, 1.54) is 32.1 Å². The molecular weight excluding hydrogens is 198 g/mol. The lowest BCUT2D eigenvalue weighted by atomic mass is 10.1. The number of nitrogens with one attached hydrogen (secondary N) is 1. The molecule has 0 aromatic carbocycles. The minimum absolute atomic E-state index is 0. The van der Waals surface area contributed by atoms with Crippen LogP contribution in [0.3, 0.4) is 0 Å². The molecule has 14 heavy (non-hydrogen) atoms. The molecule has 2 fully saturated rings. The predicted octanol–water partition coefficient (Wildman–Crippen LogP) is 2.37. The van der Waals surface area contributed by atoms with Gasteiger partial charge in [-0.25, -0.2) is 0 Å². The van der Waals surface area contributed by atoms with E-state index in [4.69, 9.17) is 4.74 Å². The fourth-order valence-electron chi connectivity index (χ4n) is 2.08. The fraction of sp³-hybridized carbons (Fsp3) is 1.00. The molecule has 1 N–H and O–H groups in total. The molecule has 0 aromatic rings. The first-order valence-corrected chi connectivity index (χ1v) is 5.76. The van der Waals surface area contributed by atoms with Crippen LogP contribution in [0.15, 0.2) is 0 Å². The lowest BCUT2D eigenvalue weighted by Gasteiger charge is -2.31. The molecule has 1 heterocycles. The van der Waals surface area contributed by atoms with Crippen molar-refractivity contribution in [3.8, 4) is 0 Å². The molecule has 0 aromatic heterocycles. The molecule has 84 valence electrons. The van der Waals surface area contributed by atoms with Crippen molar-refractivity contribution in [1.82, 2.24) is 5.32 Å². The summed E-state index contributed by atoms with van der Waals surface area (Å²) in [6.07, 6.45) is 7.67. The topological polar surface area (TPSA) is 21.3 Å². The van der Waals surface area contributed by atoms with Gasteiger partial charge in [0.05, 0.1) is 12.2 Å². The number of unbranched alkanes of at least 4 members (excludes halogenated alkanes) is 1. The van der Waals surface area contributed by atoms with Crippen LogP contribution < -0.4 is 5.32 Å². The van der Waals surface area contributed by atoms with Gasteiger partial charge in [0, 0.05) is 13.1 Å². The van der Waals surface area contributed by atoms with Gasteiger partial charge in [-0.1, -0.05) is 19.8 Å². The van der Waals surface area contributed by atoms with Crippen LogP contribution >= 0.6 is 12.4 Å². The quantitative estimate of drug-likeness (QED) is 0.784. The maximum Gasteiger partial charge on any atom is 0.0731 e. The number of ether oxygens (including phenoxy) is 1. The molecule has 0 bridgehead atoms. The van der Waals surface area contributed by atoms with Crippen LogP contribution in [0.4, 0.5) is 0 Å². The zero-order chi connectivity index (χ0) is 9.10. The highest BCUT2D eigenvalue weighted by atomic mass is 35.5. The molecule has 2 aliphatic rings. The average Bonchev–Trinajstić information content (AvgIpc) is 2.98. The Morgan fingerprint density at radius 1 is 1.29 bits per heavy atom. The van der Waals surface area contributed by atoms with Crippen molar-refractivity contribution in [3.63, 3.8) is 0 Å². The summed E-state index contributed by atoms with van der Waals surface area (Å²) >= 11 is 0. The van der Waals surface area contributed by atoms with Crippen molar-refractivity contribution in [2.24, 2.45) is 5.92 Å². The molecule has 2 atom stereocenters. The highest BCUT2D eigenvalue weighted by Crippen LogP contribution is 2.35. The van der Waals surface area contributed by atoms with Crippen LogP contribution in [-0.4, -0.2) is 25.3 Å². The predicted molar refractivity (Wildman–Crippen MR) is 61.0 cm³/mol. The fourth-order valence-corrected chi connectivity index (χ4v) is 2.08. The maximum absolute atomic E-state index is 6.05. The molecule has 2 nitrogen and oxygen atoms in total. The Morgan fingerprint density at radius 2 is 2.07 bits per heavy atom. The van der Waals surface area contributed by atoms with Crippen LogP contribution in [0.2, 0.25) is 0 Å². The van der Waals surface area contributed by atoms with Gasteiger partial charge in [0.25, 0.3) is 0 Å². The molecular formula is C11H22ClNO. The summed E-state index contributed by atoms with van der Waals surface area (Å²) in [4.78, 5) is 0. The average molecular weight is 220 g/mol. The van der Waals surface area contributed by atoms with E-state index in [2.05, 4.69) is 12.2 Å². The Morgan fingerprint density at radius 3 is 2.71 bits per heavy atom. The van der Waals surface area contributed by atoms with Gasteiger partial charge in [-0.05, 0) is 25.2 Å². The molecule has 1 saturated heterocycles. The summed E-state index contributed by atoms with van der Waals surface area (Å²) in [7, 11) is 0. The van der Waals surface area contributed by atoms with Crippen molar-refractivity contribution < 1.29 is 4.74 Å². The maximum atomic E-state index is 6.05. The zero-order valence-corrected chi connectivity index (χ0v) is 9.81. The third kappa shape index (κ3) is 3.41. The molecule has 1 aliphatic heterocycles. The monoisotopic (exact) mass is 219 g/mol. The van der Waals surface area contributed by atoms with Crippen LogP contribution in [0.5, 0.6) is 0 Å². The Labute approximate surface area is 93.2 Å². The molecule has 1 saturated carbocycles. The SMILES string of the molecule is CCCC[C@@H]1CNC[C@H](C2CC2)O1.Cl. The zero-order valence-electron chi connectivity index (χ0n) is 9.00. The van der Waals surface area contributed by atoms with Gasteiger partial charge in [0.15, 0.2) is 0 Å². The minimum atomic E-state index is 0. The standard InChI is InChI=1S/C11H21NO.ClH/c1-2-3-4-10-7-12-8-11(13-10)9-5-6-9;/h9-12H,2-8H2,1H3;1H/t10-,11-;/m1./s1. The smallest absolute Gasteiger partial charge is 0.0731 e. The second kappa shape index (κ2) is 5.94. The first kappa shape index (κ1) is 12.3. The number of hydrogen-bond acceptors (Lipinski definition) is 2. The normalized spacial score (nSPS) is 32.4. The second-order valence-corrected chi connectivity index (χ2v) is 4.43. The highest BCUT2D eigenvalue weighted by Gasteiger charge is 2.35. The molecule has 0 radical (unpaired) electrons. The Balaban J connectivity index is 0.000000980. The van der Waals surface area contributed by atoms with E-state index in [9.17, 15) is 0 Å². The lowest BCUT2D eigenvalue weighted by molar-refractivity contribution is -0.0514. The molecule has 0 amide bonds. The van der Waals surface area contributed by atoms with Gasteiger partial charge in [-0.3, -0.25) is 0 Å². The largest absolute Gasteiger partial charge is 0.372 e. The van der Waals surface area contributed by atoms with E-state index >= 15 is 0 Å². The van der Waals surface area contributed by atoms with Gasteiger partial charge in [0.2, 0.25) is 0 Å². The van der Waals surface area contributed by atoms with Crippen molar-refractivity contribution in [1.29, 1.82) is 0 Å². The van der Waals surface area contributed by atoms with E-state index in [1.807, 2.05) is 0 Å². The van der Waals surface area contributed by atoms with Crippen molar-refractivity contribution in [3.05, 3.63) is 0 Å². The molecule has 3 heteroatoms. The Kier molecular flexibility index (Phi) is 5.21. The third-order valence-electron chi connectivity index (χ3n) is 3.11. The highest BCUT2D eigenvalue weighted by molar-refractivity contribution is 5.85. The van der Waals surface area contributed by atoms with Crippen molar-refractivity contribution in [2.45, 2.75) is 51.2 Å². The second-order valence-electron chi connectivity index (χ2n) is 4.43. The molecule has 2 rings (SSSR count). The third-order valence-corrected chi connectivity index (χ3v) is 3.11. The van der Waals surface area contributed by atoms with Gasteiger partial charge < -0.3 is 10.1 Å². The summed E-state index contributed by atoms with van der Waals surface area (Å²) in [6.45, 7) is 4.41. The number of morpholine rings is 1. The lowest BCUT2D eigenvalue weighted by Crippen LogP contribution is -2.45. The van der Waals surface area contributed by atoms with Crippen molar-refractivity contribution in [2.75, 3.05) is 13.1 Å². The number of rotatable bonds is 4. The molecule has 0 unspecified atom stereocenters. The Hall–Kier alpha value is 0.210. The first-order chi connectivity index (χ1) is 6.40. The van der Waals surface area contributed by atoms with Crippen LogP contribution in [-0.2, 0) is 4.74 Å². The molecule has 1 aliphatic carbocycles. The first-order valence-electron chi connectivity index (χ1n) is 5.76. The number of hydrogen-bond donors (Lipinski definition) is 1. The van der Waals surface area contributed by atoms with Crippen LogP contribution in [0.25, 0.3) is 0 Å². The molecule has 0 spiro atoms. The van der Waals surface area contributed by atoms with Gasteiger partial charge in [-0.15, -0.1) is 12.4 Å². The van der Waals surface area contributed by atoms with E-state index in [0.29, 0.717) is 12.2 Å². The van der Waals surface area contributed by atoms with E-state index in [0.717, 1.165) is 19.0 Å². The summed E-state index contributed by atoms with van der Waals surface area (Å²) in [5, 5.41) is 3.49. The summed E-state index contributed by atoms with van der Waals surface area (Å²) in [5.41, 5.74) is 0. The van der Waals surface area contributed by atoms with Crippen LogP contribution in [0, 0.1) is 5.92 Å². The van der Waals surface area contributed by atoms with Gasteiger partial charge >= 0.3 is 0 Å². The summed E-state index contributed by atoms with van der Waals surface area (Å²) < 4.78 is 6.05. The summed E-state index contributed by atoms with van der Waals surface area (Å²) in [6, 6.07) is 0. The summed E-state index contributed by atoms with van der Waals surface area (Å²) in [5.74, 6) is 0.886. The number of halogens is 1. The minimum Gasteiger partial charge on any atom is -0.372 e. The van der Waals surface area contributed by atoms with Gasteiger partial charge in [0.1, 0.15) is 0 Å². The van der Waals surface area contributed by atoms with Gasteiger partial charge in [-0.2, -0.15) is 0 Å². The van der Waals surface area contributed by atoms with E-state index < -0.39 is 0 Å². The van der Waals surface area contributed by atoms with Crippen molar-refractivity contribution >= 4 is 12.4 Å². The van der Waals surface area contributed by atoms with E-state index in [-0.39, 0.29) is 12.4 Å². The van der Waals surface area contributed by atoms with Crippen LogP contribution in [0.1, 0.15) is 39.0 Å². The van der Waals surface area contributed by atoms with E-state index in [1.54, 1.807) is 0 Å². The Bertz CT molecular complexity index is 161.